The molecule has 1 aromatic carbocycles. The van der Waals surface area contributed by atoms with Crippen LogP contribution in [0.5, 0.6) is 0 Å². The number of hydrogen-bond donors (Lipinski definition) is 2. The molecule has 1 heterocycles. The zero-order valence-electron chi connectivity index (χ0n) is 10.6. The molecule has 0 atom stereocenters. The largest absolute Gasteiger partial charge is 0.342 e. The van der Waals surface area contributed by atoms with E-state index >= 15 is 0 Å². The number of H-pyrrole nitrogens is 1. The van der Waals surface area contributed by atoms with E-state index in [1.807, 2.05) is 0 Å². The van der Waals surface area contributed by atoms with Gasteiger partial charge in [0.25, 0.3) is 0 Å². The molecule has 3 N–H and O–H groups in total. The summed E-state index contributed by atoms with van der Waals surface area (Å²) in [4.78, 5) is 7.87. The van der Waals surface area contributed by atoms with Gasteiger partial charge in [-0.3, -0.25) is 0 Å². The van der Waals surface area contributed by atoms with Crippen molar-refractivity contribution in [1.29, 1.82) is 0 Å². The maximum absolute atomic E-state index is 13.5. The Labute approximate surface area is 119 Å². The summed E-state index contributed by atoms with van der Waals surface area (Å²) in [6.07, 6.45) is 4.56. The first kappa shape index (κ1) is 13.1. The van der Waals surface area contributed by atoms with E-state index in [1.54, 1.807) is 6.07 Å². The average Bonchev–Trinajstić information content (AvgIpc) is 2.82. The van der Waals surface area contributed by atoms with Crippen LogP contribution in [0.3, 0.4) is 0 Å². The molecule has 2 aromatic rings. The van der Waals surface area contributed by atoms with E-state index in [2.05, 4.69) is 25.9 Å². The van der Waals surface area contributed by atoms with Gasteiger partial charge in [0.1, 0.15) is 11.6 Å². The van der Waals surface area contributed by atoms with E-state index in [0.717, 1.165) is 49.1 Å². The standard InChI is InChI=1S/C14H17BrFN3/c15-10-5-12-13(6-11(10)16)19-14(18-12)9-3-1-8(7-17)2-4-9/h5-6,8-9H,1-4,7,17H2,(H,18,19). The van der Waals surface area contributed by atoms with Crippen LogP contribution in [0.1, 0.15) is 37.4 Å². The SMILES string of the molecule is NCC1CCC(c2nc3cc(Br)c(F)cc3[nH]2)CC1. The Hall–Kier alpha value is -0.940. The van der Waals surface area contributed by atoms with Crippen molar-refractivity contribution in [1.82, 2.24) is 9.97 Å². The Morgan fingerprint density at radius 3 is 2.74 bits per heavy atom. The average molecular weight is 326 g/mol. The van der Waals surface area contributed by atoms with Crippen LogP contribution in [0, 0.1) is 11.7 Å². The number of aromatic nitrogens is 2. The van der Waals surface area contributed by atoms with Crippen molar-refractivity contribution in [2.45, 2.75) is 31.6 Å². The highest BCUT2D eigenvalue weighted by Crippen LogP contribution is 2.35. The third kappa shape index (κ3) is 2.54. The summed E-state index contributed by atoms with van der Waals surface area (Å²) in [7, 11) is 0. The Morgan fingerprint density at radius 1 is 1.32 bits per heavy atom. The molecule has 0 spiro atoms. The van der Waals surface area contributed by atoms with Gasteiger partial charge in [0.05, 0.1) is 15.5 Å². The Morgan fingerprint density at radius 2 is 2.05 bits per heavy atom. The second kappa shape index (κ2) is 5.21. The van der Waals surface area contributed by atoms with Crippen molar-refractivity contribution >= 4 is 27.0 Å². The molecular formula is C14H17BrFN3. The van der Waals surface area contributed by atoms with Crippen LogP contribution in [0.4, 0.5) is 4.39 Å². The van der Waals surface area contributed by atoms with Gasteiger partial charge in [-0.2, -0.15) is 0 Å². The molecule has 19 heavy (non-hydrogen) atoms. The van der Waals surface area contributed by atoms with Gasteiger partial charge < -0.3 is 10.7 Å². The van der Waals surface area contributed by atoms with Crippen LogP contribution in [0.25, 0.3) is 11.0 Å². The third-order valence-corrected chi connectivity index (χ3v) is 4.72. The first-order valence-corrected chi connectivity index (χ1v) is 7.51. The predicted octanol–water partition coefficient (Wildman–Crippen LogP) is 3.70. The molecule has 0 radical (unpaired) electrons. The molecule has 5 heteroatoms. The molecular weight excluding hydrogens is 309 g/mol. The molecule has 1 aromatic heterocycles. The third-order valence-electron chi connectivity index (χ3n) is 4.11. The summed E-state index contributed by atoms with van der Waals surface area (Å²) >= 11 is 3.20. The molecule has 0 aliphatic heterocycles. The predicted molar refractivity (Wildman–Crippen MR) is 77.5 cm³/mol. The summed E-state index contributed by atoms with van der Waals surface area (Å²) in [5.74, 6) is 1.85. The Kier molecular flexibility index (Phi) is 3.58. The number of imidazole rings is 1. The van der Waals surface area contributed by atoms with Crippen molar-refractivity contribution in [3.05, 3.63) is 28.2 Å². The van der Waals surface area contributed by atoms with Gasteiger partial charge in [-0.25, -0.2) is 9.37 Å². The molecule has 1 saturated carbocycles. The molecule has 1 aliphatic rings. The zero-order valence-corrected chi connectivity index (χ0v) is 12.2. The second-order valence-corrected chi connectivity index (χ2v) is 6.21. The number of benzene rings is 1. The lowest BCUT2D eigenvalue weighted by molar-refractivity contribution is 0.326. The number of nitrogens with zero attached hydrogens (tertiary/aromatic N) is 1. The number of rotatable bonds is 2. The van der Waals surface area contributed by atoms with E-state index in [1.165, 1.54) is 6.07 Å². The normalized spacial score (nSPS) is 23.9. The summed E-state index contributed by atoms with van der Waals surface area (Å²) in [5.41, 5.74) is 7.31. The highest BCUT2D eigenvalue weighted by atomic mass is 79.9. The van der Waals surface area contributed by atoms with E-state index < -0.39 is 0 Å². The van der Waals surface area contributed by atoms with Gasteiger partial charge in [0.15, 0.2) is 0 Å². The van der Waals surface area contributed by atoms with Gasteiger partial charge in [0.2, 0.25) is 0 Å². The van der Waals surface area contributed by atoms with Crippen molar-refractivity contribution in [3.8, 4) is 0 Å². The summed E-state index contributed by atoms with van der Waals surface area (Å²) in [6, 6.07) is 3.23. The Bertz CT molecular complexity index is 549. The van der Waals surface area contributed by atoms with E-state index in [0.29, 0.717) is 16.3 Å². The van der Waals surface area contributed by atoms with Crippen LogP contribution in [0.15, 0.2) is 16.6 Å². The quantitative estimate of drug-likeness (QED) is 0.884. The molecule has 0 bridgehead atoms. The van der Waals surface area contributed by atoms with Gasteiger partial charge in [-0.15, -0.1) is 0 Å². The van der Waals surface area contributed by atoms with Crippen molar-refractivity contribution in [2.24, 2.45) is 11.7 Å². The summed E-state index contributed by atoms with van der Waals surface area (Å²) in [6.45, 7) is 0.783. The van der Waals surface area contributed by atoms with Crippen LogP contribution in [-0.4, -0.2) is 16.5 Å². The summed E-state index contributed by atoms with van der Waals surface area (Å²) < 4.78 is 14.0. The smallest absolute Gasteiger partial charge is 0.139 e. The number of fused-ring (bicyclic) bond motifs is 1. The number of nitrogens with two attached hydrogens (primary N) is 1. The van der Waals surface area contributed by atoms with E-state index in [9.17, 15) is 4.39 Å². The number of halogens is 2. The molecule has 1 fully saturated rings. The van der Waals surface area contributed by atoms with E-state index in [4.69, 9.17) is 5.73 Å². The van der Waals surface area contributed by atoms with Crippen LogP contribution >= 0.6 is 15.9 Å². The van der Waals surface area contributed by atoms with Crippen LogP contribution in [-0.2, 0) is 0 Å². The molecule has 0 unspecified atom stereocenters. The topological polar surface area (TPSA) is 54.7 Å². The molecule has 102 valence electrons. The van der Waals surface area contributed by atoms with Crippen LogP contribution in [0.2, 0.25) is 0 Å². The number of hydrogen-bond acceptors (Lipinski definition) is 2. The monoisotopic (exact) mass is 325 g/mol. The zero-order chi connectivity index (χ0) is 13.4. The fourth-order valence-corrected chi connectivity index (χ4v) is 3.22. The van der Waals surface area contributed by atoms with Gasteiger partial charge in [0, 0.05) is 12.0 Å². The van der Waals surface area contributed by atoms with Crippen LogP contribution < -0.4 is 5.73 Å². The highest BCUT2D eigenvalue weighted by molar-refractivity contribution is 9.10. The minimum atomic E-state index is -0.255. The highest BCUT2D eigenvalue weighted by Gasteiger charge is 2.23. The van der Waals surface area contributed by atoms with Gasteiger partial charge in [-0.1, -0.05) is 0 Å². The first-order chi connectivity index (χ1) is 9.17. The lowest BCUT2D eigenvalue weighted by Gasteiger charge is -2.26. The lowest BCUT2D eigenvalue weighted by Crippen LogP contribution is -2.21. The second-order valence-electron chi connectivity index (χ2n) is 5.36. The van der Waals surface area contributed by atoms with Crippen molar-refractivity contribution in [2.75, 3.05) is 6.54 Å². The molecule has 3 nitrogen and oxygen atoms in total. The molecule has 0 amide bonds. The fourth-order valence-electron chi connectivity index (χ4n) is 2.89. The van der Waals surface area contributed by atoms with Gasteiger partial charge in [-0.05, 0) is 60.1 Å². The Balaban J connectivity index is 1.86. The number of nitrogens with one attached hydrogen (secondary N) is 1. The maximum atomic E-state index is 13.5. The molecule has 0 saturated heterocycles. The van der Waals surface area contributed by atoms with Crippen molar-refractivity contribution in [3.63, 3.8) is 0 Å². The van der Waals surface area contributed by atoms with Gasteiger partial charge >= 0.3 is 0 Å². The fraction of sp³-hybridized carbons (Fsp3) is 0.500. The number of aromatic amines is 1. The lowest BCUT2D eigenvalue weighted by atomic mass is 9.82. The maximum Gasteiger partial charge on any atom is 0.139 e. The summed E-state index contributed by atoms with van der Waals surface area (Å²) in [5, 5.41) is 0. The minimum absolute atomic E-state index is 0.255. The first-order valence-electron chi connectivity index (χ1n) is 6.72. The van der Waals surface area contributed by atoms with Crippen molar-refractivity contribution < 1.29 is 4.39 Å². The molecule has 3 rings (SSSR count). The minimum Gasteiger partial charge on any atom is -0.342 e. The molecule has 1 aliphatic carbocycles. The van der Waals surface area contributed by atoms with E-state index in [-0.39, 0.29) is 5.82 Å².